The lowest BCUT2D eigenvalue weighted by atomic mass is 10.2. The summed E-state index contributed by atoms with van der Waals surface area (Å²) < 4.78 is 7.79. The van der Waals surface area contributed by atoms with Crippen molar-refractivity contribution in [3.8, 4) is 0 Å². The Morgan fingerprint density at radius 3 is 2.75 bits per heavy atom. The summed E-state index contributed by atoms with van der Waals surface area (Å²) in [5.74, 6) is 0. The molecule has 1 aliphatic carbocycles. The van der Waals surface area contributed by atoms with Crippen molar-refractivity contribution in [1.82, 2.24) is 4.57 Å². The van der Waals surface area contributed by atoms with Crippen molar-refractivity contribution < 1.29 is 9.53 Å². The van der Waals surface area contributed by atoms with E-state index in [1.54, 1.807) is 7.11 Å². The van der Waals surface area contributed by atoms with Crippen molar-refractivity contribution in [3.63, 3.8) is 0 Å². The van der Waals surface area contributed by atoms with Crippen LogP contribution in [-0.2, 0) is 4.74 Å². The average Bonchev–Trinajstić information content (AvgIpc) is 2.83. The van der Waals surface area contributed by atoms with Gasteiger partial charge in [0, 0.05) is 24.1 Å². The van der Waals surface area contributed by atoms with Gasteiger partial charge in [-0.15, -0.1) is 0 Å². The number of ether oxygens (including phenoxy) is 1. The molecule has 3 nitrogen and oxygen atoms in total. The second kappa shape index (κ2) is 4.42. The average molecular weight is 221 g/mol. The number of aryl methyl sites for hydroxylation is 1. The van der Waals surface area contributed by atoms with E-state index < -0.39 is 0 Å². The number of carbonyl (C=O) groups excluding carboxylic acids is 1. The molecule has 0 bridgehead atoms. The number of hydrogen-bond acceptors (Lipinski definition) is 2. The molecule has 2 atom stereocenters. The van der Waals surface area contributed by atoms with E-state index in [0.29, 0.717) is 12.1 Å². The molecule has 1 saturated carbocycles. The van der Waals surface area contributed by atoms with Gasteiger partial charge in [-0.3, -0.25) is 4.79 Å². The lowest BCUT2D eigenvalue weighted by Crippen LogP contribution is -2.22. The molecule has 1 heterocycles. The van der Waals surface area contributed by atoms with E-state index in [1.807, 2.05) is 13.0 Å². The van der Waals surface area contributed by atoms with Crippen LogP contribution in [0.3, 0.4) is 0 Å². The maximum atomic E-state index is 10.9. The standard InChI is InChI=1S/C13H19NO2/c1-9-7-11(8-15)10(2)14(9)12-5-4-6-13(12)16-3/h7-8,12-13H,4-6H2,1-3H3. The molecule has 3 heteroatoms. The van der Waals surface area contributed by atoms with Gasteiger partial charge in [0.15, 0.2) is 6.29 Å². The Morgan fingerprint density at radius 2 is 2.19 bits per heavy atom. The molecule has 1 aromatic rings. The van der Waals surface area contributed by atoms with Crippen LogP contribution in [-0.4, -0.2) is 24.1 Å². The van der Waals surface area contributed by atoms with Crippen molar-refractivity contribution in [2.24, 2.45) is 0 Å². The molecule has 1 fully saturated rings. The topological polar surface area (TPSA) is 31.2 Å². The number of methoxy groups -OCH3 is 1. The summed E-state index contributed by atoms with van der Waals surface area (Å²) in [6.45, 7) is 4.08. The Kier molecular flexibility index (Phi) is 3.15. The Balaban J connectivity index is 2.39. The normalized spacial score (nSPS) is 24.9. The van der Waals surface area contributed by atoms with Gasteiger partial charge < -0.3 is 9.30 Å². The maximum Gasteiger partial charge on any atom is 0.151 e. The van der Waals surface area contributed by atoms with Crippen molar-refractivity contribution in [3.05, 3.63) is 23.0 Å². The summed E-state index contributed by atoms with van der Waals surface area (Å²) in [5.41, 5.74) is 3.04. The van der Waals surface area contributed by atoms with Crippen LogP contribution in [0.5, 0.6) is 0 Å². The van der Waals surface area contributed by atoms with Gasteiger partial charge in [-0.05, 0) is 39.2 Å². The maximum absolute atomic E-state index is 10.9. The van der Waals surface area contributed by atoms with Crippen molar-refractivity contribution in [2.45, 2.75) is 45.3 Å². The molecular formula is C13H19NO2. The minimum absolute atomic E-state index is 0.296. The smallest absolute Gasteiger partial charge is 0.151 e. The van der Waals surface area contributed by atoms with Crippen LogP contribution in [0.4, 0.5) is 0 Å². The minimum Gasteiger partial charge on any atom is -0.379 e. The molecule has 0 aromatic carbocycles. The molecule has 0 N–H and O–H groups in total. The number of aldehydes is 1. The molecule has 0 saturated heterocycles. The first-order valence-corrected chi connectivity index (χ1v) is 5.85. The highest BCUT2D eigenvalue weighted by atomic mass is 16.5. The van der Waals surface area contributed by atoms with Gasteiger partial charge in [0.2, 0.25) is 0 Å². The number of rotatable bonds is 3. The van der Waals surface area contributed by atoms with Crippen LogP contribution in [0.1, 0.15) is 47.1 Å². The van der Waals surface area contributed by atoms with Gasteiger partial charge in [0.1, 0.15) is 0 Å². The van der Waals surface area contributed by atoms with E-state index in [0.717, 1.165) is 36.1 Å². The third-order valence-electron chi connectivity index (χ3n) is 3.70. The molecule has 16 heavy (non-hydrogen) atoms. The van der Waals surface area contributed by atoms with Gasteiger partial charge in [-0.2, -0.15) is 0 Å². The predicted octanol–water partition coefficient (Wildman–Crippen LogP) is 2.66. The van der Waals surface area contributed by atoms with Crippen molar-refractivity contribution in [2.75, 3.05) is 7.11 Å². The van der Waals surface area contributed by atoms with Crippen LogP contribution in [0.2, 0.25) is 0 Å². The Bertz CT molecular complexity index is 395. The quantitative estimate of drug-likeness (QED) is 0.735. The molecular weight excluding hydrogens is 202 g/mol. The summed E-state index contributed by atoms with van der Waals surface area (Å²) in [6, 6.07) is 2.37. The van der Waals surface area contributed by atoms with Crippen molar-refractivity contribution >= 4 is 6.29 Å². The highest BCUT2D eigenvalue weighted by molar-refractivity contribution is 5.77. The summed E-state index contributed by atoms with van der Waals surface area (Å²) in [4.78, 5) is 10.9. The van der Waals surface area contributed by atoms with Gasteiger partial charge in [0.25, 0.3) is 0 Å². The van der Waals surface area contributed by atoms with Gasteiger partial charge >= 0.3 is 0 Å². The fourth-order valence-electron chi connectivity index (χ4n) is 2.91. The second-order valence-electron chi connectivity index (χ2n) is 4.59. The first kappa shape index (κ1) is 11.4. The van der Waals surface area contributed by atoms with E-state index in [4.69, 9.17) is 4.74 Å². The van der Waals surface area contributed by atoms with E-state index in [9.17, 15) is 4.79 Å². The van der Waals surface area contributed by atoms with Gasteiger partial charge in [-0.1, -0.05) is 0 Å². The van der Waals surface area contributed by atoms with Gasteiger partial charge in [-0.25, -0.2) is 0 Å². The fourth-order valence-corrected chi connectivity index (χ4v) is 2.91. The highest BCUT2D eigenvalue weighted by Crippen LogP contribution is 2.35. The Labute approximate surface area is 96.4 Å². The monoisotopic (exact) mass is 221 g/mol. The first-order chi connectivity index (χ1) is 7.69. The fraction of sp³-hybridized carbons (Fsp3) is 0.615. The number of carbonyl (C=O) groups is 1. The van der Waals surface area contributed by atoms with E-state index in [-0.39, 0.29) is 0 Å². The van der Waals surface area contributed by atoms with E-state index >= 15 is 0 Å². The highest BCUT2D eigenvalue weighted by Gasteiger charge is 2.30. The number of aromatic nitrogens is 1. The van der Waals surface area contributed by atoms with Crippen molar-refractivity contribution in [1.29, 1.82) is 0 Å². The molecule has 0 spiro atoms. The van der Waals surface area contributed by atoms with Crippen LogP contribution in [0.15, 0.2) is 6.07 Å². The van der Waals surface area contributed by atoms with Gasteiger partial charge in [0.05, 0.1) is 12.1 Å². The second-order valence-corrected chi connectivity index (χ2v) is 4.59. The number of hydrogen-bond donors (Lipinski definition) is 0. The minimum atomic E-state index is 0.296. The molecule has 1 aliphatic rings. The molecule has 0 aliphatic heterocycles. The zero-order valence-corrected chi connectivity index (χ0v) is 10.2. The SMILES string of the molecule is COC1CCCC1n1c(C)cc(C=O)c1C. The third-order valence-corrected chi connectivity index (χ3v) is 3.70. The predicted molar refractivity (Wildman–Crippen MR) is 63.0 cm³/mol. The first-order valence-electron chi connectivity index (χ1n) is 5.85. The van der Waals surface area contributed by atoms with Crippen LogP contribution in [0.25, 0.3) is 0 Å². The van der Waals surface area contributed by atoms with E-state index in [1.165, 1.54) is 6.42 Å². The summed E-state index contributed by atoms with van der Waals surface area (Å²) in [6.07, 6.45) is 4.71. The van der Waals surface area contributed by atoms with Crippen LogP contribution < -0.4 is 0 Å². The number of nitrogens with zero attached hydrogens (tertiary/aromatic N) is 1. The molecule has 88 valence electrons. The van der Waals surface area contributed by atoms with Crippen LogP contribution in [0, 0.1) is 13.8 Å². The summed E-state index contributed by atoms with van der Waals surface area (Å²) in [5, 5.41) is 0. The zero-order chi connectivity index (χ0) is 11.7. The molecule has 2 unspecified atom stereocenters. The molecule has 1 aromatic heterocycles. The summed E-state index contributed by atoms with van der Waals surface area (Å²) >= 11 is 0. The molecule has 0 amide bonds. The Morgan fingerprint density at radius 1 is 1.44 bits per heavy atom. The van der Waals surface area contributed by atoms with E-state index in [2.05, 4.69) is 11.5 Å². The van der Waals surface area contributed by atoms with Crippen LogP contribution >= 0.6 is 0 Å². The molecule has 0 radical (unpaired) electrons. The zero-order valence-electron chi connectivity index (χ0n) is 10.2. The third kappa shape index (κ3) is 1.69. The lowest BCUT2D eigenvalue weighted by molar-refractivity contribution is 0.0738. The summed E-state index contributed by atoms with van der Waals surface area (Å²) in [7, 11) is 1.78. The largest absolute Gasteiger partial charge is 0.379 e. The lowest BCUT2D eigenvalue weighted by Gasteiger charge is -2.23. The Hall–Kier alpha value is -1.09. The molecule has 2 rings (SSSR count).